The van der Waals surface area contributed by atoms with E-state index in [9.17, 15) is 10.5 Å². The highest BCUT2D eigenvalue weighted by Crippen LogP contribution is 2.39. The number of hydrogen-bond acceptors (Lipinski definition) is 4. The predicted molar refractivity (Wildman–Crippen MR) is 191 cm³/mol. The van der Waals surface area contributed by atoms with E-state index in [1.807, 2.05) is 91.3 Å². The number of aromatic nitrogens is 4. The van der Waals surface area contributed by atoms with E-state index in [-0.39, 0.29) is 0 Å². The Balaban J connectivity index is 1.41. The second kappa shape index (κ2) is 10.8. The van der Waals surface area contributed by atoms with E-state index in [4.69, 9.17) is 4.98 Å². The van der Waals surface area contributed by atoms with Crippen molar-refractivity contribution in [2.45, 2.75) is 0 Å². The number of rotatable bonds is 4. The fraction of sp³-hybridized carbons (Fsp3) is 0. The molecule has 0 bridgehead atoms. The number of hydrogen-bond donors (Lipinski definition) is 0. The van der Waals surface area contributed by atoms with E-state index >= 15 is 0 Å². The topological polar surface area (TPSA) is 83.2 Å². The molecule has 0 spiro atoms. The number of nitrogens with zero attached hydrogens (tertiary/aromatic N) is 6. The van der Waals surface area contributed by atoms with Crippen LogP contribution in [0, 0.1) is 22.7 Å². The lowest BCUT2D eigenvalue weighted by Gasteiger charge is -2.16. The molecule has 0 atom stereocenters. The van der Waals surface area contributed by atoms with Gasteiger partial charge in [-0.05, 0) is 71.3 Å². The van der Waals surface area contributed by atoms with E-state index in [0.29, 0.717) is 11.1 Å². The number of nitriles is 2. The Morgan fingerprint density at radius 1 is 0.479 bits per heavy atom. The molecule has 9 aromatic rings. The maximum Gasteiger partial charge on any atom is 0.140 e. The first-order valence-corrected chi connectivity index (χ1v) is 15.6. The van der Waals surface area contributed by atoms with Crippen molar-refractivity contribution in [3.05, 3.63) is 157 Å². The highest BCUT2D eigenvalue weighted by molar-refractivity contribution is 6.10. The first-order chi connectivity index (χ1) is 23.7. The van der Waals surface area contributed by atoms with E-state index < -0.39 is 0 Å². The van der Waals surface area contributed by atoms with Crippen LogP contribution >= 0.6 is 0 Å². The molecule has 0 saturated carbocycles. The quantitative estimate of drug-likeness (QED) is 0.198. The fourth-order valence-electron chi connectivity index (χ4n) is 7.03. The molecule has 4 aromatic heterocycles. The lowest BCUT2D eigenvalue weighted by molar-refractivity contribution is 1.01. The van der Waals surface area contributed by atoms with Gasteiger partial charge in [-0.3, -0.25) is 14.1 Å². The third-order valence-electron chi connectivity index (χ3n) is 9.11. The van der Waals surface area contributed by atoms with Crippen LogP contribution in [0.15, 0.2) is 146 Å². The lowest BCUT2D eigenvalue weighted by Crippen LogP contribution is -2.05. The Hall–Kier alpha value is -7.02. The van der Waals surface area contributed by atoms with Crippen molar-refractivity contribution in [2.24, 2.45) is 0 Å². The van der Waals surface area contributed by atoms with Gasteiger partial charge in [0.2, 0.25) is 0 Å². The summed E-state index contributed by atoms with van der Waals surface area (Å²) in [5, 5.41) is 24.0. The molecule has 0 radical (unpaired) electrons. The van der Waals surface area contributed by atoms with Gasteiger partial charge in [-0.1, -0.05) is 78.9 Å². The molecular weight excluding hydrogens is 589 g/mol. The van der Waals surface area contributed by atoms with E-state index in [2.05, 4.69) is 80.9 Å². The third kappa shape index (κ3) is 4.11. The second-order valence-corrected chi connectivity index (χ2v) is 11.7. The monoisotopic (exact) mass is 612 g/mol. The molecule has 222 valence electrons. The van der Waals surface area contributed by atoms with Crippen LogP contribution in [0.4, 0.5) is 0 Å². The smallest absolute Gasteiger partial charge is 0.140 e. The maximum atomic E-state index is 10.0. The highest BCUT2D eigenvalue weighted by Gasteiger charge is 2.20. The minimum Gasteiger partial charge on any atom is -0.294 e. The zero-order valence-corrected chi connectivity index (χ0v) is 25.5. The first-order valence-electron chi connectivity index (χ1n) is 15.6. The Morgan fingerprint density at radius 3 is 1.79 bits per heavy atom. The fourth-order valence-corrected chi connectivity index (χ4v) is 7.03. The van der Waals surface area contributed by atoms with Gasteiger partial charge in [0.25, 0.3) is 0 Å². The van der Waals surface area contributed by atoms with Crippen LogP contribution in [0.2, 0.25) is 0 Å². The van der Waals surface area contributed by atoms with Crippen LogP contribution in [0.5, 0.6) is 0 Å². The number of fused-ring (bicyclic) bond motifs is 6. The van der Waals surface area contributed by atoms with Gasteiger partial charge in [0.15, 0.2) is 0 Å². The summed E-state index contributed by atoms with van der Waals surface area (Å²) in [7, 11) is 0. The van der Waals surface area contributed by atoms with Gasteiger partial charge < -0.3 is 0 Å². The molecule has 0 fully saturated rings. The lowest BCUT2D eigenvalue weighted by atomic mass is 9.92. The molecule has 4 heterocycles. The molecule has 6 nitrogen and oxygen atoms in total. The molecule has 0 aliphatic rings. The summed E-state index contributed by atoms with van der Waals surface area (Å²) in [6.45, 7) is 0. The summed E-state index contributed by atoms with van der Waals surface area (Å²) >= 11 is 0. The van der Waals surface area contributed by atoms with Crippen molar-refractivity contribution in [3.63, 3.8) is 0 Å². The Kier molecular flexibility index (Phi) is 6.15. The van der Waals surface area contributed by atoms with E-state index in [1.54, 1.807) is 0 Å². The predicted octanol–water partition coefficient (Wildman–Crippen LogP) is 9.75. The van der Waals surface area contributed by atoms with Gasteiger partial charge in [-0.25, -0.2) is 4.98 Å². The number of benzene rings is 5. The maximum absolute atomic E-state index is 10.0. The Bertz CT molecular complexity index is 2770. The largest absolute Gasteiger partial charge is 0.294 e. The molecule has 6 heteroatoms. The highest BCUT2D eigenvalue weighted by atomic mass is 15.1. The molecular formula is C42H24N6. The summed E-state index contributed by atoms with van der Waals surface area (Å²) < 4.78 is 4.36. The Labute approximate surface area is 275 Å². The van der Waals surface area contributed by atoms with Crippen LogP contribution < -0.4 is 0 Å². The SMILES string of the molecule is N#Cc1ccc2c(c1)c1ccccc1n2-c1cc(-c2ccccc2-c2ccccc2C#N)cc(-n2c3ccccc3c3ccncc32)n1. The zero-order valence-electron chi connectivity index (χ0n) is 25.5. The minimum atomic E-state index is 0.607. The summed E-state index contributed by atoms with van der Waals surface area (Å²) in [5.74, 6) is 1.47. The van der Waals surface area contributed by atoms with Crippen molar-refractivity contribution < 1.29 is 0 Å². The van der Waals surface area contributed by atoms with Gasteiger partial charge in [-0.2, -0.15) is 10.5 Å². The van der Waals surface area contributed by atoms with Crippen LogP contribution in [0.1, 0.15) is 11.1 Å². The molecule has 0 amide bonds. The van der Waals surface area contributed by atoms with Crippen molar-refractivity contribution in [1.29, 1.82) is 10.5 Å². The average Bonchev–Trinajstić information content (AvgIpc) is 3.67. The Morgan fingerprint density at radius 2 is 1.06 bits per heavy atom. The summed E-state index contributed by atoms with van der Waals surface area (Å²) in [4.78, 5) is 9.91. The third-order valence-corrected chi connectivity index (χ3v) is 9.11. The molecule has 9 rings (SSSR count). The summed E-state index contributed by atoms with van der Waals surface area (Å²) in [6, 6.07) is 49.3. The van der Waals surface area contributed by atoms with Crippen molar-refractivity contribution in [3.8, 4) is 46.0 Å². The molecule has 0 saturated heterocycles. The van der Waals surface area contributed by atoms with Crippen LogP contribution in [-0.4, -0.2) is 19.1 Å². The van der Waals surface area contributed by atoms with Crippen LogP contribution in [0.25, 0.3) is 77.5 Å². The van der Waals surface area contributed by atoms with Gasteiger partial charge in [0.1, 0.15) is 11.6 Å². The van der Waals surface area contributed by atoms with Crippen molar-refractivity contribution in [2.75, 3.05) is 0 Å². The molecule has 0 aliphatic carbocycles. The van der Waals surface area contributed by atoms with Gasteiger partial charge in [0.05, 0.1) is 51.5 Å². The van der Waals surface area contributed by atoms with Crippen LogP contribution in [0.3, 0.4) is 0 Å². The zero-order chi connectivity index (χ0) is 32.2. The average molecular weight is 613 g/mol. The summed E-state index contributed by atoms with van der Waals surface area (Å²) in [5.41, 5.74) is 8.92. The molecule has 0 aliphatic heterocycles. The molecule has 0 unspecified atom stereocenters. The second-order valence-electron chi connectivity index (χ2n) is 11.7. The minimum absolute atomic E-state index is 0.607. The molecule has 48 heavy (non-hydrogen) atoms. The van der Waals surface area contributed by atoms with Gasteiger partial charge >= 0.3 is 0 Å². The normalized spacial score (nSPS) is 11.3. The molecule has 5 aromatic carbocycles. The van der Waals surface area contributed by atoms with E-state index in [0.717, 1.165) is 77.5 Å². The standard InChI is InChI=1S/C42H24N6/c43-24-27-17-18-39-36(21-27)34-14-6-8-16-38(34)47(39)41-22-29(31-11-3-4-12-32(31)30-10-2-1-9-28(30)25-44)23-42(46-41)48-37-15-7-5-13-33(37)35-19-20-45-26-40(35)48/h1-23,26H. The number of pyridine rings is 2. The first kappa shape index (κ1) is 27.3. The van der Waals surface area contributed by atoms with Crippen LogP contribution in [-0.2, 0) is 0 Å². The van der Waals surface area contributed by atoms with E-state index in [1.165, 1.54) is 0 Å². The number of para-hydroxylation sites is 2. The summed E-state index contributed by atoms with van der Waals surface area (Å²) in [6.07, 6.45) is 3.72. The molecule has 0 N–H and O–H groups in total. The van der Waals surface area contributed by atoms with Crippen molar-refractivity contribution in [1.82, 2.24) is 19.1 Å². The van der Waals surface area contributed by atoms with Crippen molar-refractivity contribution >= 4 is 43.6 Å². The van der Waals surface area contributed by atoms with Gasteiger partial charge in [0, 0.05) is 33.3 Å². The van der Waals surface area contributed by atoms with Gasteiger partial charge in [-0.15, -0.1) is 0 Å².